The van der Waals surface area contributed by atoms with Gasteiger partial charge in [-0.15, -0.1) is 0 Å². The topological polar surface area (TPSA) is 183 Å². The van der Waals surface area contributed by atoms with Crippen LogP contribution in [0.2, 0.25) is 0 Å². The van der Waals surface area contributed by atoms with Gasteiger partial charge in [-0.05, 0) is 74.6 Å². The summed E-state index contributed by atoms with van der Waals surface area (Å²) >= 11 is 0. The minimum Gasteiger partial charge on any atom is -0.494 e. The molecule has 1 atom stereocenters. The van der Waals surface area contributed by atoms with Crippen LogP contribution in [0.4, 0.5) is 5.69 Å². The van der Waals surface area contributed by atoms with Gasteiger partial charge in [-0.2, -0.15) is 5.41 Å². The summed E-state index contributed by atoms with van der Waals surface area (Å²) in [5.74, 6) is 0.920. The number of nitrogens with one attached hydrogen (secondary N) is 3. The number of amides is 1. The zero-order valence-electron chi connectivity index (χ0n) is 30.6. The van der Waals surface area contributed by atoms with E-state index >= 15 is 0 Å². The van der Waals surface area contributed by atoms with Crippen LogP contribution in [0.15, 0.2) is 67.1 Å². The van der Waals surface area contributed by atoms with Gasteiger partial charge in [-0.25, -0.2) is 14.5 Å². The molecule has 0 fully saturated rings. The number of carbonyl (C=O) groups excluding carboxylic acids is 2. The number of esters is 1. The van der Waals surface area contributed by atoms with Crippen LogP contribution in [-0.2, 0) is 23.7 Å². The highest BCUT2D eigenvalue weighted by atomic mass is 16.5. The van der Waals surface area contributed by atoms with Gasteiger partial charge < -0.3 is 40.1 Å². The number of ether oxygens (including phenoxy) is 5. The summed E-state index contributed by atoms with van der Waals surface area (Å²) in [6, 6.07) is 16.4. The Hall–Kier alpha value is -4.92. The molecule has 52 heavy (non-hydrogen) atoms. The molecule has 0 unspecified atom stereocenters. The van der Waals surface area contributed by atoms with E-state index in [2.05, 4.69) is 25.3 Å². The van der Waals surface area contributed by atoms with E-state index in [1.807, 2.05) is 43.3 Å². The SMILES string of the molecule is COC(=O)CCCOCCOCCOCCCCCCOc1cccc([C@@H](C)NC(=O)c2cccc(NCC(N)=[N+](C)C(=N)c3ccncn3)c2)c1. The third-order valence-corrected chi connectivity index (χ3v) is 7.99. The molecule has 1 heterocycles. The zero-order chi connectivity index (χ0) is 37.4. The van der Waals surface area contributed by atoms with Crippen LogP contribution in [0, 0.1) is 5.41 Å². The Labute approximate surface area is 306 Å². The summed E-state index contributed by atoms with van der Waals surface area (Å²) in [7, 11) is 3.08. The van der Waals surface area contributed by atoms with Gasteiger partial charge in [0.05, 0.1) is 53.2 Å². The molecule has 0 bridgehead atoms. The Balaban J connectivity index is 1.27. The molecule has 0 saturated heterocycles. The minimum absolute atomic E-state index is 0.153. The molecule has 1 amide bonds. The number of methoxy groups -OCH3 is 1. The molecule has 0 saturated carbocycles. The average Bonchev–Trinajstić information content (AvgIpc) is 3.17. The van der Waals surface area contributed by atoms with Crippen LogP contribution >= 0.6 is 0 Å². The number of aromatic nitrogens is 2. The number of hydrogen-bond acceptors (Lipinski definition) is 11. The summed E-state index contributed by atoms with van der Waals surface area (Å²) in [5, 5.41) is 14.6. The second-order valence-corrected chi connectivity index (χ2v) is 12.0. The van der Waals surface area contributed by atoms with E-state index in [4.69, 9.17) is 30.1 Å². The first kappa shape index (κ1) is 41.5. The van der Waals surface area contributed by atoms with Gasteiger partial charge in [0, 0.05) is 37.1 Å². The Bertz CT molecular complexity index is 1560. The van der Waals surface area contributed by atoms with Crippen LogP contribution < -0.4 is 21.1 Å². The van der Waals surface area contributed by atoms with Crippen molar-refractivity contribution in [3.05, 3.63) is 83.9 Å². The summed E-state index contributed by atoms with van der Waals surface area (Å²) in [4.78, 5) is 32.1. The lowest BCUT2D eigenvalue weighted by atomic mass is 10.1. The lowest BCUT2D eigenvalue weighted by molar-refractivity contribution is -0.373. The zero-order valence-corrected chi connectivity index (χ0v) is 30.6. The highest BCUT2D eigenvalue weighted by Gasteiger charge is 2.15. The van der Waals surface area contributed by atoms with Crippen molar-refractivity contribution in [2.24, 2.45) is 5.73 Å². The molecule has 2 aromatic carbocycles. The number of unbranched alkanes of at least 4 members (excludes halogenated alkanes) is 3. The van der Waals surface area contributed by atoms with Crippen molar-refractivity contribution in [3.8, 4) is 5.75 Å². The van der Waals surface area contributed by atoms with Crippen molar-refractivity contribution in [1.82, 2.24) is 15.3 Å². The number of anilines is 1. The van der Waals surface area contributed by atoms with Crippen molar-refractivity contribution in [3.63, 3.8) is 0 Å². The van der Waals surface area contributed by atoms with E-state index in [9.17, 15) is 9.59 Å². The number of hydrogen-bond donors (Lipinski definition) is 4. The van der Waals surface area contributed by atoms with Crippen LogP contribution in [0.1, 0.15) is 73.1 Å². The van der Waals surface area contributed by atoms with E-state index in [-0.39, 0.29) is 30.3 Å². The quantitative estimate of drug-likeness (QED) is 0.0321. The summed E-state index contributed by atoms with van der Waals surface area (Å²) in [6.45, 7) is 6.11. The van der Waals surface area contributed by atoms with Gasteiger partial charge in [-0.1, -0.05) is 24.6 Å². The molecular weight excluding hydrogens is 666 g/mol. The van der Waals surface area contributed by atoms with Crippen LogP contribution in [-0.4, -0.2) is 105 Å². The van der Waals surface area contributed by atoms with Gasteiger partial charge in [-0.3, -0.25) is 9.59 Å². The molecule has 0 aliphatic rings. The average molecular weight is 721 g/mol. The number of rotatable bonds is 25. The normalized spacial score (nSPS) is 12.1. The predicted molar refractivity (Wildman–Crippen MR) is 199 cm³/mol. The smallest absolute Gasteiger partial charge is 0.305 e. The first-order valence-electron chi connectivity index (χ1n) is 17.7. The lowest BCUT2D eigenvalue weighted by Gasteiger charge is -2.16. The molecular formula is C38H54N7O7+. The highest BCUT2D eigenvalue weighted by Crippen LogP contribution is 2.20. The Morgan fingerprint density at radius 2 is 1.58 bits per heavy atom. The third-order valence-electron chi connectivity index (χ3n) is 7.99. The number of nitrogens with two attached hydrogens (primary N) is 1. The van der Waals surface area contributed by atoms with E-state index in [0.717, 1.165) is 42.7 Å². The Kier molecular flexibility index (Phi) is 19.4. The predicted octanol–water partition coefficient (Wildman–Crippen LogP) is 4.35. The third kappa shape index (κ3) is 16.0. The fraction of sp³-hybridized carbons (Fsp3) is 0.474. The maximum absolute atomic E-state index is 13.1. The number of amidine groups is 2. The fourth-order valence-corrected chi connectivity index (χ4v) is 4.88. The van der Waals surface area contributed by atoms with Crippen molar-refractivity contribution in [2.75, 3.05) is 72.3 Å². The van der Waals surface area contributed by atoms with E-state index in [1.54, 1.807) is 36.0 Å². The van der Waals surface area contributed by atoms with Crippen molar-refractivity contribution < 1.29 is 37.8 Å². The number of carbonyl (C=O) groups is 2. The summed E-state index contributed by atoms with van der Waals surface area (Å²) in [6.07, 6.45) is 7.99. The molecule has 0 radical (unpaired) electrons. The molecule has 14 heteroatoms. The first-order chi connectivity index (χ1) is 25.3. The second-order valence-electron chi connectivity index (χ2n) is 12.0. The maximum Gasteiger partial charge on any atom is 0.305 e. The van der Waals surface area contributed by atoms with Gasteiger partial charge in [0.15, 0.2) is 0 Å². The molecule has 1 aromatic heterocycles. The Morgan fingerprint density at radius 3 is 2.29 bits per heavy atom. The maximum atomic E-state index is 13.1. The van der Waals surface area contributed by atoms with Crippen molar-refractivity contribution >= 4 is 29.2 Å². The van der Waals surface area contributed by atoms with E-state index < -0.39 is 0 Å². The van der Waals surface area contributed by atoms with Gasteiger partial charge in [0.2, 0.25) is 5.84 Å². The molecule has 0 spiro atoms. The van der Waals surface area contributed by atoms with Gasteiger partial charge >= 0.3 is 5.97 Å². The van der Waals surface area contributed by atoms with Crippen LogP contribution in [0.25, 0.3) is 0 Å². The number of nitrogens with zero attached hydrogens (tertiary/aromatic N) is 3. The molecule has 282 valence electrons. The van der Waals surface area contributed by atoms with Crippen molar-refractivity contribution in [1.29, 1.82) is 5.41 Å². The molecule has 3 aromatic rings. The monoisotopic (exact) mass is 720 g/mol. The molecule has 0 aliphatic carbocycles. The van der Waals surface area contributed by atoms with E-state index in [0.29, 0.717) is 76.2 Å². The lowest BCUT2D eigenvalue weighted by Crippen LogP contribution is -2.36. The molecule has 14 nitrogen and oxygen atoms in total. The second kappa shape index (κ2) is 24.3. The van der Waals surface area contributed by atoms with Crippen LogP contribution in [0.3, 0.4) is 0 Å². The van der Waals surface area contributed by atoms with Crippen LogP contribution in [0.5, 0.6) is 5.75 Å². The molecule has 0 aliphatic heterocycles. The van der Waals surface area contributed by atoms with Gasteiger partial charge in [0.1, 0.15) is 24.3 Å². The largest absolute Gasteiger partial charge is 0.494 e. The summed E-state index contributed by atoms with van der Waals surface area (Å²) in [5.41, 5.74) is 8.88. The molecule has 5 N–H and O–H groups in total. The molecule has 3 rings (SSSR count). The standard InChI is InChI=1S/C38H53N7O7/c1-29(44-38(47)31-12-8-13-32(25-31)42-27-35(39)45(2)37(40)34-16-17-41-28-43-34)30-11-9-14-33(26-30)52-20-7-5-4-6-18-49-21-23-51-24-22-50-19-10-15-36(46)48-3/h8-9,11-14,16-17,25-26,28-29,39-40,42H,4-7,10,15,18-24,27H2,1-3H3,(H,44,47)/p+1/t29-/m1/s1. The van der Waals surface area contributed by atoms with E-state index in [1.165, 1.54) is 13.4 Å². The number of benzene rings is 2. The fourth-order valence-electron chi connectivity index (χ4n) is 4.88. The first-order valence-corrected chi connectivity index (χ1v) is 17.7. The van der Waals surface area contributed by atoms with Crippen molar-refractivity contribution in [2.45, 2.75) is 51.5 Å². The summed E-state index contributed by atoms with van der Waals surface area (Å²) < 4.78 is 28.7. The van der Waals surface area contributed by atoms with Gasteiger partial charge in [0.25, 0.3) is 11.7 Å². The highest BCUT2D eigenvalue weighted by molar-refractivity contribution is 5.96. The Morgan fingerprint density at radius 1 is 0.885 bits per heavy atom. The minimum atomic E-state index is -0.235.